The maximum absolute atomic E-state index is 2.52. The van der Waals surface area contributed by atoms with Crippen molar-refractivity contribution in [3.05, 3.63) is 316 Å². The van der Waals surface area contributed by atoms with Crippen LogP contribution in [0.15, 0.2) is 261 Å². The summed E-state index contributed by atoms with van der Waals surface area (Å²) in [6, 6.07) is 98.5. The van der Waals surface area contributed by atoms with E-state index in [0.717, 1.165) is 17.1 Å². The molecule has 11 aromatic carbocycles. The van der Waals surface area contributed by atoms with Crippen LogP contribution in [0.1, 0.15) is 69.5 Å². The van der Waals surface area contributed by atoms with Crippen molar-refractivity contribution < 1.29 is 0 Å². The summed E-state index contributed by atoms with van der Waals surface area (Å²) in [6.07, 6.45) is 0. The first kappa shape index (κ1) is 41.0. The predicted octanol–water partition coefficient (Wildman–Crippen LogP) is 17.8. The van der Waals surface area contributed by atoms with E-state index in [0.29, 0.717) is 0 Å². The van der Waals surface area contributed by atoms with Crippen molar-refractivity contribution in [3.63, 3.8) is 0 Å². The van der Waals surface area contributed by atoms with E-state index < -0.39 is 10.8 Å². The van der Waals surface area contributed by atoms with Crippen molar-refractivity contribution in [1.82, 2.24) is 0 Å². The molecule has 0 fully saturated rings. The van der Waals surface area contributed by atoms with Gasteiger partial charge in [-0.2, -0.15) is 0 Å². The summed E-state index contributed by atoms with van der Waals surface area (Å²) in [5, 5.41) is 0. The number of nitrogens with zero attached hydrogens (tertiary/aromatic N) is 1. The Morgan fingerprint density at radius 3 is 1.17 bits per heavy atom. The van der Waals surface area contributed by atoms with Gasteiger partial charge in [0.2, 0.25) is 0 Å². The highest BCUT2D eigenvalue weighted by Gasteiger charge is 2.58. The van der Waals surface area contributed by atoms with Gasteiger partial charge in [0.1, 0.15) is 0 Å². The zero-order chi connectivity index (χ0) is 47.8. The molecule has 4 aliphatic rings. The molecule has 0 atom stereocenters. The average Bonchev–Trinajstić information content (AvgIpc) is 4.01. The lowest BCUT2D eigenvalue weighted by Crippen LogP contribution is -2.43. The highest BCUT2D eigenvalue weighted by Crippen LogP contribution is 2.67. The Kier molecular flexibility index (Phi) is 8.62. The van der Waals surface area contributed by atoms with Gasteiger partial charge in [0.05, 0.1) is 16.5 Å². The molecule has 1 nitrogen and oxygen atoms in total. The summed E-state index contributed by atoms with van der Waals surface area (Å²) >= 11 is 0. The molecule has 72 heavy (non-hydrogen) atoms. The van der Waals surface area contributed by atoms with Crippen LogP contribution in [0.4, 0.5) is 17.1 Å². The van der Waals surface area contributed by atoms with Crippen molar-refractivity contribution in [3.8, 4) is 55.6 Å². The van der Waals surface area contributed by atoms with Crippen LogP contribution in [0.2, 0.25) is 0 Å². The first-order chi connectivity index (χ1) is 35.5. The van der Waals surface area contributed by atoms with Crippen LogP contribution in [0.5, 0.6) is 0 Å². The largest absolute Gasteiger partial charge is 0.310 e. The van der Waals surface area contributed by atoms with Crippen LogP contribution in [0.25, 0.3) is 55.6 Å². The molecule has 0 unspecified atom stereocenters. The SMILES string of the molecule is CC1(C)c2ccccc2-c2ccc(N(c3ccc(-c4ccc5c(c4)C4(c6ccccc6-5)c5ccccc5C5(c6ccccc6-c6ccccc65)c5ccccc54)cc3)c3ccccc3-c3ccccc3)cc21. The Hall–Kier alpha value is -8.78. The fraction of sp³-hybridized carbons (Fsp3) is 0.0704. The molecule has 0 N–H and O–H groups in total. The maximum Gasteiger partial charge on any atom is 0.0720 e. The topological polar surface area (TPSA) is 3.24 Å². The average molecular weight is 916 g/mol. The second-order valence-corrected chi connectivity index (χ2v) is 20.7. The van der Waals surface area contributed by atoms with E-state index in [-0.39, 0.29) is 5.41 Å². The summed E-state index contributed by atoms with van der Waals surface area (Å²) in [7, 11) is 0. The van der Waals surface area contributed by atoms with Gasteiger partial charge in [-0.25, -0.2) is 0 Å². The summed E-state index contributed by atoms with van der Waals surface area (Å²) < 4.78 is 0. The minimum atomic E-state index is -0.550. The van der Waals surface area contributed by atoms with Crippen LogP contribution in [-0.4, -0.2) is 0 Å². The van der Waals surface area contributed by atoms with Gasteiger partial charge in [-0.3, -0.25) is 0 Å². The second kappa shape index (κ2) is 15.1. The molecule has 0 aromatic heterocycles. The molecule has 0 saturated carbocycles. The second-order valence-electron chi connectivity index (χ2n) is 20.7. The van der Waals surface area contributed by atoms with Crippen LogP contribution < -0.4 is 4.90 Å². The van der Waals surface area contributed by atoms with Gasteiger partial charge < -0.3 is 4.90 Å². The molecule has 0 bridgehead atoms. The number of fused-ring (bicyclic) bond motifs is 19. The Balaban J connectivity index is 0.912. The standard InChI is InChI=1S/C71H49N/c1-69(2)58-27-11-6-23-52(58)56-43-41-50(45-66(56)69)72(68-35-19-10-22-51(68)47-20-4-3-5-21-47)49-39-36-46(37-40-49)48-38-42-57-55-26-9-14-30-61(55)71(67(57)44-48)64-33-17-15-31-62(64)70(63-32-16-18-34-65(63)71)59-28-12-7-24-53(59)54-25-8-13-29-60(54)70/h3-45H,1-2H3. The minimum absolute atomic E-state index is 0.132. The Morgan fingerprint density at radius 2 is 0.611 bits per heavy atom. The zero-order valence-corrected chi connectivity index (χ0v) is 40.3. The molecule has 1 heteroatoms. The van der Waals surface area contributed by atoms with E-state index in [2.05, 4.69) is 280 Å². The third kappa shape index (κ3) is 5.32. The van der Waals surface area contributed by atoms with Crippen molar-refractivity contribution in [2.24, 2.45) is 0 Å². The Bertz CT molecular complexity index is 3930. The van der Waals surface area contributed by atoms with Crippen LogP contribution in [0, 0.1) is 0 Å². The van der Waals surface area contributed by atoms with Crippen LogP contribution >= 0.6 is 0 Å². The number of benzene rings is 11. The molecular weight excluding hydrogens is 867 g/mol. The normalized spacial score (nSPS) is 14.9. The van der Waals surface area contributed by atoms with Gasteiger partial charge in [0.15, 0.2) is 0 Å². The van der Waals surface area contributed by atoms with Gasteiger partial charge in [0, 0.05) is 22.4 Å². The van der Waals surface area contributed by atoms with E-state index in [4.69, 9.17) is 0 Å². The van der Waals surface area contributed by atoms with Gasteiger partial charge in [-0.1, -0.05) is 238 Å². The van der Waals surface area contributed by atoms with Crippen molar-refractivity contribution in [1.29, 1.82) is 0 Å². The summed E-state index contributed by atoms with van der Waals surface area (Å²) in [4.78, 5) is 2.46. The maximum atomic E-state index is 2.52. The summed E-state index contributed by atoms with van der Waals surface area (Å²) in [6.45, 7) is 4.74. The van der Waals surface area contributed by atoms with Crippen molar-refractivity contribution in [2.45, 2.75) is 30.1 Å². The van der Waals surface area contributed by atoms with Gasteiger partial charge in [0.25, 0.3) is 0 Å². The van der Waals surface area contributed by atoms with Gasteiger partial charge in [-0.15, -0.1) is 0 Å². The number of rotatable bonds is 5. The molecule has 2 spiro atoms. The molecule has 0 heterocycles. The predicted molar refractivity (Wildman–Crippen MR) is 298 cm³/mol. The molecular formula is C71H49N. The van der Waals surface area contributed by atoms with Gasteiger partial charge in [-0.05, 0) is 142 Å². The fourth-order valence-corrected chi connectivity index (χ4v) is 14.0. The quantitative estimate of drug-likeness (QED) is 0.166. The highest BCUT2D eigenvalue weighted by atomic mass is 15.1. The molecule has 0 saturated heterocycles. The summed E-state index contributed by atoms with van der Waals surface area (Å²) in [5.41, 5.74) is 28.4. The lowest BCUT2D eigenvalue weighted by molar-refractivity contribution is 0.633. The summed E-state index contributed by atoms with van der Waals surface area (Å²) in [5.74, 6) is 0. The Labute approximate surface area is 422 Å². The van der Waals surface area contributed by atoms with Crippen LogP contribution in [0.3, 0.4) is 0 Å². The van der Waals surface area contributed by atoms with E-state index >= 15 is 0 Å². The number of hydrogen-bond donors (Lipinski definition) is 0. The molecule has 0 radical (unpaired) electrons. The lowest BCUT2D eigenvalue weighted by Gasteiger charge is -2.48. The van der Waals surface area contributed by atoms with Crippen molar-refractivity contribution in [2.75, 3.05) is 4.90 Å². The molecule has 4 aliphatic carbocycles. The molecule has 0 amide bonds. The van der Waals surface area contributed by atoms with Gasteiger partial charge >= 0.3 is 0 Å². The fourth-order valence-electron chi connectivity index (χ4n) is 14.0. The smallest absolute Gasteiger partial charge is 0.0720 e. The van der Waals surface area contributed by atoms with E-state index in [9.17, 15) is 0 Å². The first-order valence-electron chi connectivity index (χ1n) is 25.4. The third-order valence-electron chi connectivity index (χ3n) is 17.0. The zero-order valence-electron chi connectivity index (χ0n) is 40.3. The highest BCUT2D eigenvalue weighted by molar-refractivity contribution is 5.96. The van der Waals surface area contributed by atoms with E-state index in [1.165, 1.54) is 111 Å². The molecule has 11 aromatic rings. The monoisotopic (exact) mass is 915 g/mol. The molecule has 15 rings (SSSR count). The van der Waals surface area contributed by atoms with Crippen molar-refractivity contribution >= 4 is 17.1 Å². The number of anilines is 3. The third-order valence-corrected chi connectivity index (χ3v) is 17.0. The van der Waals surface area contributed by atoms with E-state index in [1.54, 1.807) is 0 Å². The number of hydrogen-bond acceptors (Lipinski definition) is 1. The first-order valence-corrected chi connectivity index (χ1v) is 25.4. The molecule has 338 valence electrons. The number of para-hydroxylation sites is 1. The lowest BCUT2D eigenvalue weighted by atomic mass is 9.52. The van der Waals surface area contributed by atoms with Crippen LogP contribution in [-0.2, 0) is 16.2 Å². The minimum Gasteiger partial charge on any atom is -0.310 e. The molecule has 0 aliphatic heterocycles. The van der Waals surface area contributed by atoms with E-state index in [1.807, 2.05) is 0 Å². The Morgan fingerprint density at radius 1 is 0.236 bits per heavy atom.